The van der Waals surface area contributed by atoms with Gasteiger partial charge in [-0.2, -0.15) is 0 Å². The minimum Gasteiger partial charge on any atom is -0.490 e. The van der Waals surface area contributed by atoms with Crippen LogP contribution < -0.4 is 9.47 Å². The first-order chi connectivity index (χ1) is 14.6. The smallest absolute Gasteiger partial charge is 0.161 e. The number of hydrogen-bond acceptors (Lipinski definition) is 5. The maximum Gasteiger partial charge on any atom is 0.161 e. The Morgan fingerprint density at radius 2 is 1.73 bits per heavy atom. The summed E-state index contributed by atoms with van der Waals surface area (Å²) >= 11 is 6.15. The number of hydrogen-bond donors (Lipinski definition) is 1. The Morgan fingerprint density at radius 3 is 2.43 bits per heavy atom. The van der Waals surface area contributed by atoms with Gasteiger partial charge in [-0.25, -0.2) is 0 Å². The summed E-state index contributed by atoms with van der Waals surface area (Å²) < 4.78 is 17.1. The zero-order valence-electron chi connectivity index (χ0n) is 18.3. The second kappa shape index (κ2) is 13.5. The van der Waals surface area contributed by atoms with E-state index in [1.807, 2.05) is 50.2 Å². The zero-order chi connectivity index (χ0) is 21.8. The van der Waals surface area contributed by atoms with Crippen molar-refractivity contribution in [1.82, 2.24) is 4.90 Å². The molecule has 0 heterocycles. The summed E-state index contributed by atoms with van der Waals surface area (Å²) in [5, 5.41) is 11.2. The molecule has 1 N–H and O–H groups in total. The van der Waals surface area contributed by atoms with E-state index in [1.165, 1.54) is 0 Å². The molecule has 0 aliphatic carbocycles. The van der Waals surface area contributed by atoms with Gasteiger partial charge >= 0.3 is 0 Å². The van der Waals surface area contributed by atoms with Crippen LogP contribution in [0.2, 0.25) is 5.02 Å². The Hall–Kier alpha value is -1.79. The zero-order valence-corrected chi connectivity index (χ0v) is 19.0. The van der Waals surface area contributed by atoms with Crippen molar-refractivity contribution < 1.29 is 19.3 Å². The van der Waals surface area contributed by atoms with Crippen molar-refractivity contribution in [2.75, 3.05) is 32.9 Å². The van der Waals surface area contributed by atoms with Gasteiger partial charge in [0.25, 0.3) is 0 Å². The highest BCUT2D eigenvalue weighted by atomic mass is 35.5. The molecule has 5 nitrogen and oxygen atoms in total. The summed E-state index contributed by atoms with van der Waals surface area (Å²) in [5.41, 5.74) is 2.05. The molecule has 0 unspecified atom stereocenters. The van der Waals surface area contributed by atoms with E-state index in [-0.39, 0.29) is 6.61 Å². The fourth-order valence-electron chi connectivity index (χ4n) is 3.27. The summed E-state index contributed by atoms with van der Waals surface area (Å²) in [7, 11) is 0. The third-order valence-corrected chi connectivity index (χ3v) is 4.92. The van der Waals surface area contributed by atoms with Crippen molar-refractivity contribution in [2.45, 2.75) is 46.4 Å². The number of aliphatic hydroxyl groups is 1. The Balaban J connectivity index is 1.91. The number of rotatable bonds is 14. The second-order valence-corrected chi connectivity index (χ2v) is 7.55. The van der Waals surface area contributed by atoms with Crippen molar-refractivity contribution in [1.29, 1.82) is 0 Å². The van der Waals surface area contributed by atoms with Crippen LogP contribution in [0.4, 0.5) is 0 Å². The minimum atomic E-state index is -0.576. The van der Waals surface area contributed by atoms with Gasteiger partial charge in [-0.15, -0.1) is 0 Å². The predicted molar refractivity (Wildman–Crippen MR) is 121 cm³/mol. The van der Waals surface area contributed by atoms with E-state index < -0.39 is 6.10 Å². The molecule has 30 heavy (non-hydrogen) atoms. The molecular weight excluding hydrogens is 402 g/mol. The van der Waals surface area contributed by atoms with Crippen LogP contribution in [-0.2, 0) is 17.9 Å². The van der Waals surface area contributed by atoms with Crippen molar-refractivity contribution in [3.8, 4) is 11.5 Å². The lowest BCUT2D eigenvalue weighted by atomic mass is 10.1. The van der Waals surface area contributed by atoms with E-state index in [0.29, 0.717) is 31.4 Å². The van der Waals surface area contributed by atoms with E-state index in [1.54, 1.807) is 0 Å². The molecule has 0 aliphatic rings. The van der Waals surface area contributed by atoms with E-state index in [4.69, 9.17) is 25.8 Å². The van der Waals surface area contributed by atoms with E-state index in [2.05, 4.69) is 17.9 Å². The first kappa shape index (κ1) is 24.5. The molecule has 0 saturated heterocycles. The van der Waals surface area contributed by atoms with Crippen molar-refractivity contribution in [2.24, 2.45) is 0 Å². The van der Waals surface area contributed by atoms with Gasteiger partial charge in [0.1, 0.15) is 0 Å². The molecule has 6 heteroatoms. The molecule has 0 aliphatic heterocycles. The first-order valence-corrected chi connectivity index (χ1v) is 11.0. The lowest BCUT2D eigenvalue weighted by Gasteiger charge is -2.25. The van der Waals surface area contributed by atoms with Crippen LogP contribution in [0.25, 0.3) is 0 Å². The van der Waals surface area contributed by atoms with Crippen LogP contribution in [0.15, 0.2) is 42.5 Å². The normalized spacial score (nSPS) is 12.2. The van der Waals surface area contributed by atoms with E-state index in [0.717, 1.165) is 42.1 Å². The SMILES string of the molecule is CCCN(Cc1ccc(OCC)c(OCC)c1)C[C@H](O)COCc1ccccc1Cl. The highest BCUT2D eigenvalue weighted by Crippen LogP contribution is 2.29. The molecule has 0 bridgehead atoms. The van der Waals surface area contributed by atoms with Crippen molar-refractivity contribution in [3.63, 3.8) is 0 Å². The molecule has 0 fully saturated rings. The standard InChI is InChI=1S/C24H34ClNO4/c1-4-13-26(15-19-11-12-23(29-5-2)24(14-19)30-6-3)16-21(27)18-28-17-20-9-7-8-10-22(20)25/h7-12,14,21,27H,4-6,13,15-18H2,1-3H3/t21-/m0/s1. The third kappa shape index (κ3) is 8.15. The van der Waals surface area contributed by atoms with E-state index in [9.17, 15) is 5.11 Å². The van der Waals surface area contributed by atoms with Gasteiger partial charge in [0.15, 0.2) is 11.5 Å². The highest BCUT2D eigenvalue weighted by Gasteiger charge is 2.14. The Labute approximate surface area is 185 Å². The quantitative estimate of drug-likeness (QED) is 0.456. The molecule has 0 amide bonds. The number of halogens is 1. The number of aliphatic hydroxyl groups excluding tert-OH is 1. The van der Waals surface area contributed by atoms with Crippen LogP contribution in [0, 0.1) is 0 Å². The fourth-order valence-corrected chi connectivity index (χ4v) is 3.46. The first-order valence-electron chi connectivity index (χ1n) is 10.7. The largest absolute Gasteiger partial charge is 0.490 e. The predicted octanol–water partition coefficient (Wildman–Crippen LogP) is 4.93. The Morgan fingerprint density at radius 1 is 1.00 bits per heavy atom. The van der Waals surface area contributed by atoms with Gasteiger partial charge in [-0.3, -0.25) is 4.90 Å². The summed E-state index contributed by atoms with van der Waals surface area (Å²) in [6.45, 7) is 10.0. The molecule has 166 valence electrons. The van der Waals surface area contributed by atoms with Gasteiger partial charge in [0.2, 0.25) is 0 Å². The number of ether oxygens (including phenoxy) is 3. The Kier molecular flexibility index (Phi) is 11.0. The number of benzene rings is 2. The van der Waals surface area contributed by atoms with Crippen LogP contribution in [0.3, 0.4) is 0 Å². The van der Waals surface area contributed by atoms with Crippen molar-refractivity contribution in [3.05, 3.63) is 58.6 Å². The lowest BCUT2D eigenvalue weighted by Crippen LogP contribution is -2.35. The summed E-state index contributed by atoms with van der Waals surface area (Å²) in [4.78, 5) is 2.23. The van der Waals surface area contributed by atoms with Crippen molar-refractivity contribution >= 4 is 11.6 Å². The maximum absolute atomic E-state index is 10.5. The van der Waals surface area contributed by atoms with Crippen LogP contribution in [0.1, 0.15) is 38.3 Å². The molecule has 0 aromatic heterocycles. The molecule has 2 rings (SSSR count). The van der Waals surface area contributed by atoms with E-state index >= 15 is 0 Å². The number of nitrogens with zero attached hydrogens (tertiary/aromatic N) is 1. The molecule has 0 spiro atoms. The molecule has 2 aromatic rings. The average molecular weight is 436 g/mol. The summed E-state index contributed by atoms with van der Waals surface area (Å²) in [5.74, 6) is 1.52. The fraction of sp³-hybridized carbons (Fsp3) is 0.500. The van der Waals surface area contributed by atoms with Crippen LogP contribution >= 0.6 is 11.6 Å². The topological polar surface area (TPSA) is 51.2 Å². The van der Waals surface area contributed by atoms with Gasteiger partial charge in [-0.1, -0.05) is 42.8 Å². The lowest BCUT2D eigenvalue weighted by molar-refractivity contribution is 0.00857. The summed E-state index contributed by atoms with van der Waals surface area (Å²) in [6.07, 6.45) is 0.427. The summed E-state index contributed by atoms with van der Waals surface area (Å²) in [6, 6.07) is 13.6. The minimum absolute atomic E-state index is 0.263. The molecule has 2 aromatic carbocycles. The molecule has 0 saturated carbocycles. The van der Waals surface area contributed by atoms with Gasteiger partial charge in [0, 0.05) is 18.1 Å². The highest BCUT2D eigenvalue weighted by molar-refractivity contribution is 6.31. The Bertz CT molecular complexity index is 756. The van der Waals surface area contributed by atoms with Crippen LogP contribution in [0.5, 0.6) is 11.5 Å². The third-order valence-electron chi connectivity index (χ3n) is 4.55. The molecule has 1 atom stereocenters. The maximum atomic E-state index is 10.5. The average Bonchev–Trinajstić information content (AvgIpc) is 2.72. The second-order valence-electron chi connectivity index (χ2n) is 7.14. The van der Waals surface area contributed by atoms with Gasteiger partial charge in [0.05, 0.1) is 32.5 Å². The van der Waals surface area contributed by atoms with Crippen LogP contribution in [-0.4, -0.2) is 49.0 Å². The van der Waals surface area contributed by atoms with Gasteiger partial charge in [-0.05, 0) is 56.1 Å². The molecule has 0 radical (unpaired) electrons. The molecular formula is C24H34ClNO4. The monoisotopic (exact) mass is 435 g/mol. The van der Waals surface area contributed by atoms with Gasteiger partial charge < -0.3 is 19.3 Å².